The summed E-state index contributed by atoms with van der Waals surface area (Å²) in [5.41, 5.74) is 4.75. The van der Waals surface area contributed by atoms with E-state index in [2.05, 4.69) is 5.32 Å². The summed E-state index contributed by atoms with van der Waals surface area (Å²) in [7, 11) is 0. The summed E-state index contributed by atoms with van der Waals surface area (Å²) in [6.45, 7) is 6.37. The third-order valence-electron chi connectivity index (χ3n) is 5.59. The van der Waals surface area contributed by atoms with Crippen LogP contribution >= 0.6 is 0 Å². The summed E-state index contributed by atoms with van der Waals surface area (Å²) in [6.07, 6.45) is 0.216. The Hall–Kier alpha value is -3.60. The molecule has 31 heavy (non-hydrogen) atoms. The Morgan fingerprint density at radius 1 is 0.968 bits per heavy atom. The molecule has 1 N–H and O–H groups in total. The molecule has 0 saturated carbocycles. The molecular weight excluding hydrogens is 388 g/mol. The Labute approximate surface area is 182 Å². The fourth-order valence-electron chi connectivity index (χ4n) is 3.77. The van der Waals surface area contributed by atoms with Crippen molar-refractivity contribution >= 4 is 23.2 Å². The molecule has 1 heterocycles. The standard InChI is InChI=1S/C26H26N2O3/c1-17-8-9-18(2)23(14-17)28-16-20(15-25(28)29)26(30)27-21-10-12-22(13-11-21)31-24-7-5-4-6-19(24)3/h4-14,20H,15-16H2,1-3H3,(H,27,30)/t20-/m1/s1. The van der Waals surface area contributed by atoms with Gasteiger partial charge in [-0.1, -0.05) is 30.3 Å². The molecule has 4 rings (SSSR count). The molecule has 0 aliphatic carbocycles. The van der Waals surface area contributed by atoms with Crippen LogP contribution in [0.3, 0.4) is 0 Å². The summed E-state index contributed by atoms with van der Waals surface area (Å²) in [4.78, 5) is 27.1. The number of aryl methyl sites for hydroxylation is 3. The van der Waals surface area contributed by atoms with Crippen LogP contribution in [0.25, 0.3) is 0 Å². The van der Waals surface area contributed by atoms with Gasteiger partial charge in [-0.3, -0.25) is 9.59 Å². The molecule has 1 aliphatic heterocycles. The number of ether oxygens (including phenoxy) is 1. The normalized spacial score (nSPS) is 15.8. The Balaban J connectivity index is 1.40. The Bertz CT molecular complexity index is 1120. The number of carbonyl (C=O) groups excluding carboxylic acids is 2. The van der Waals surface area contributed by atoms with Crippen molar-refractivity contribution in [2.75, 3.05) is 16.8 Å². The van der Waals surface area contributed by atoms with Gasteiger partial charge in [0.2, 0.25) is 11.8 Å². The van der Waals surface area contributed by atoms with E-state index >= 15 is 0 Å². The van der Waals surface area contributed by atoms with Gasteiger partial charge in [-0.25, -0.2) is 0 Å². The van der Waals surface area contributed by atoms with Gasteiger partial charge in [0, 0.05) is 24.3 Å². The van der Waals surface area contributed by atoms with E-state index in [1.54, 1.807) is 4.90 Å². The highest BCUT2D eigenvalue weighted by Gasteiger charge is 2.35. The minimum atomic E-state index is -0.379. The zero-order valence-corrected chi connectivity index (χ0v) is 18.0. The predicted octanol–water partition coefficient (Wildman–Crippen LogP) is 5.40. The lowest BCUT2D eigenvalue weighted by atomic mass is 10.1. The largest absolute Gasteiger partial charge is 0.457 e. The third-order valence-corrected chi connectivity index (χ3v) is 5.59. The number of benzene rings is 3. The third kappa shape index (κ3) is 4.61. The summed E-state index contributed by atoms with van der Waals surface area (Å²) in [5, 5.41) is 2.93. The van der Waals surface area contributed by atoms with Crippen LogP contribution in [0.2, 0.25) is 0 Å². The number of hydrogen-bond donors (Lipinski definition) is 1. The predicted molar refractivity (Wildman–Crippen MR) is 123 cm³/mol. The first kappa shape index (κ1) is 20.7. The van der Waals surface area contributed by atoms with Crippen molar-refractivity contribution in [1.82, 2.24) is 0 Å². The van der Waals surface area contributed by atoms with Crippen molar-refractivity contribution in [3.05, 3.63) is 83.4 Å². The second-order valence-corrected chi connectivity index (χ2v) is 8.08. The first-order valence-electron chi connectivity index (χ1n) is 10.4. The summed E-state index contributed by atoms with van der Waals surface area (Å²) < 4.78 is 5.90. The second kappa shape index (κ2) is 8.64. The van der Waals surface area contributed by atoms with E-state index in [4.69, 9.17) is 4.74 Å². The molecule has 0 unspecified atom stereocenters. The smallest absolute Gasteiger partial charge is 0.229 e. The van der Waals surface area contributed by atoms with E-state index in [-0.39, 0.29) is 24.2 Å². The maximum atomic E-state index is 12.8. The van der Waals surface area contributed by atoms with E-state index in [0.29, 0.717) is 18.0 Å². The molecule has 1 atom stereocenters. The average molecular weight is 415 g/mol. The lowest BCUT2D eigenvalue weighted by molar-refractivity contribution is -0.122. The molecule has 1 fully saturated rings. The summed E-state index contributed by atoms with van der Waals surface area (Å²) in [6, 6.07) is 21.1. The zero-order valence-electron chi connectivity index (χ0n) is 18.0. The average Bonchev–Trinajstić information content (AvgIpc) is 3.14. The molecule has 0 radical (unpaired) electrons. The van der Waals surface area contributed by atoms with E-state index in [1.165, 1.54) is 0 Å². The van der Waals surface area contributed by atoms with Gasteiger partial charge in [0.15, 0.2) is 0 Å². The molecule has 0 spiro atoms. The molecule has 158 valence electrons. The number of carbonyl (C=O) groups is 2. The van der Waals surface area contributed by atoms with Gasteiger partial charge in [-0.05, 0) is 73.9 Å². The molecule has 0 aromatic heterocycles. The van der Waals surface area contributed by atoms with Gasteiger partial charge in [0.25, 0.3) is 0 Å². The lowest BCUT2D eigenvalue weighted by Gasteiger charge is -2.19. The maximum absolute atomic E-state index is 12.8. The molecule has 1 saturated heterocycles. The molecule has 3 aromatic rings. The zero-order chi connectivity index (χ0) is 22.0. The number of anilines is 2. The van der Waals surface area contributed by atoms with Gasteiger partial charge >= 0.3 is 0 Å². The minimum Gasteiger partial charge on any atom is -0.457 e. The first-order valence-corrected chi connectivity index (χ1v) is 10.4. The van der Waals surface area contributed by atoms with Gasteiger partial charge < -0.3 is 15.0 Å². The number of nitrogens with zero attached hydrogens (tertiary/aromatic N) is 1. The van der Waals surface area contributed by atoms with Gasteiger partial charge in [0.05, 0.1) is 5.92 Å². The number of amides is 2. The van der Waals surface area contributed by atoms with Crippen LogP contribution in [0, 0.1) is 26.7 Å². The molecule has 3 aromatic carbocycles. The van der Waals surface area contributed by atoms with Crippen LogP contribution in [-0.4, -0.2) is 18.4 Å². The lowest BCUT2D eigenvalue weighted by Crippen LogP contribution is -2.28. The van der Waals surface area contributed by atoms with Gasteiger partial charge in [-0.2, -0.15) is 0 Å². The van der Waals surface area contributed by atoms with Gasteiger partial charge in [0.1, 0.15) is 11.5 Å². The van der Waals surface area contributed by atoms with Crippen molar-refractivity contribution in [1.29, 1.82) is 0 Å². The Morgan fingerprint density at radius 2 is 1.71 bits per heavy atom. The van der Waals surface area contributed by atoms with Crippen LogP contribution in [0.1, 0.15) is 23.1 Å². The number of para-hydroxylation sites is 1. The number of nitrogens with one attached hydrogen (secondary N) is 1. The first-order chi connectivity index (χ1) is 14.9. The Kier molecular flexibility index (Phi) is 5.76. The second-order valence-electron chi connectivity index (χ2n) is 8.08. The van der Waals surface area contributed by atoms with Crippen LogP contribution in [-0.2, 0) is 9.59 Å². The van der Waals surface area contributed by atoms with Crippen molar-refractivity contribution in [2.24, 2.45) is 5.92 Å². The molecule has 5 nitrogen and oxygen atoms in total. The monoisotopic (exact) mass is 414 g/mol. The van der Waals surface area contributed by atoms with Crippen LogP contribution in [0.4, 0.5) is 11.4 Å². The van der Waals surface area contributed by atoms with Crippen molar-refractivity contribution in [3.63, 3.8) is 0 Å². The molecule has 1 aliphatic rings. The highest BCUT2D eigenvalue weighted by Crippen LogP contribution is 2.30. The van der Waals surface area contributed by atoms with Gasteiger partial charge in [-0.15, -0.1) is 0 Å². The van der Waals surface area contributed by atoms with E-state index in [9.17, 15) is 9.59 Å². The highest BCUT2D eigenvalue weighted by atomic mass is 16.5. The number of rotatable bonds is 5. The van der Waals surface area contributed by atoms with Crippen LogP contribution in [0.15, 0.2) is 66.7 Å². The van der Waals surface area contributed by atoms with Crippen molar-refractivity contribution < 1.29 is 14.3 Å². The van der Waals surface area contributed by atoms with Crippen LogP contribution in [0.5, 0.6) is 11.5 Å². The van der Waals surface area contributed by atoms with Crippen molar-refractivity contribution in [3.8, 4) is 11.5 Å². The Morgan fingerprint density at radius 3 is 2.45 bits per heavy atom. The quantitative estimate of drug-likeness (QED) is 0.608. The molecule has 5 heteroatoms. The summed E-state index contributed by atoms with van der Waals surface area (Å²) >= 11 is 0. The van der Waals surface area contributed by atoms with Crippen LogP contribution < -0.4 is 15.0 Å². The molecule has 2 amide bonds. The van der Waals surface area contributed by atoms with E-state index < -0.39 is 0 Å². The SMILES string of the molecule is Cc1ccc(C)c(N2C[C@H](C(=O)Nc3ccc(Oc4ccccc4C)cc3)CC2=O)c1. The summed E-state index contributed by atoms with van der Waals surface area (Å²) in [5.74, 6) is 0.958. The van der Waals surface area contributed by atoms with E-state index in [1.807, 2.05) is 87.5 Å². The fourth-order valence-corrected chi connectivity index (χ4v) is 3.77. The highest BCUT2D eigenvalue weighted by molar-refractivity contribution is 6.03. The number of hydrogen-bond acceptors (Lipinski definition) is 3. The molecule has 0 bridgehead atoms. The van der Waals surface area contributed by atoms with E-state index in [0.717, 1.165) is 28.1 Å². The fraction of sp³-hybridized carbons (Fsp3) is 0.231. The molecular formula is C26H26N2O3. The minimum absolute atomic E-state index is 0.0178. The topological polar surface area (TPSA) is 58.6 Å². The van der Waals surface area contributed by atoms with Crippen molar-refractivity contribution in [2.45, 2.75) is 27.2 Å². The maximum Gasteiger partial charge on any atom is 0.229 e.